The molecule has 5 nitrogen and oxygen atoms in total. The van der Waals surface area contributed by atoms with Gasteiger partial charge in [0.2, 0.25) is 18.1 Å². The Morgan fingerprint density at radius 3 is 2.69 bits per heavy atom. The maximum atomic E-state index is 11.2. The van der Waals surface area contributed by atoms with Gasteiger partial charge in [-0.25, -0.2) is 0 Å². The molecule has 0 fully saturated rings. The molecule has 0 aliphatic heterocycles. The second-order valence-corrected chi connectivity index (χ2v) is 3.55. The van der Waals surface area contributed by atoms with Crippen LogP contribution in [-0.4, -0.2) is 16.0 Å². The zero-order valence-electron chi connectivity index (χ0n) is 9.02. The van der Waals surface area contributed by atoms with Crippen molar-refractivity contribution in [2.24, 2.45) is 5.73 Å². The summed E-state index contributed by atoms with van der Waals surface area (Å²) in [4.78, 5) is 15.2. The molecule has 1 aromatic heterocycles. The molecule has 1 heterocycles. The lowest BCUT2D eigenvalue weighted by atomic mass is 9.97. The number of carbonyl (C=O) groups excluding carboxylic acids is 1. The molecule has 0 spiro atoms. The number of benzene rings is 1. The summed E-state index contributed by atoms with van der Waals surface area (Å²) in [5, 5.41) is 3.77. The van der Waals surface area contributed by atoms with Gasteiger partial charge >= 0.3 is 0 Å². The summed E-state index contributed by atoms with van der Waals surface area (Å²) in [7, 11) is 0. The first-order chi connectivity index (χ1) is 7.61. The van der Waals surface area contributed by atoms with Crippen molar-refractivity contribution in [1.29, 1.82) is 0 Å². The van der Waals surface area contributed by atoms with E-state index in [0.29, 0.717) is 11.4 Å². The molecule has 1 aromatic carbocycles. The van der Waals surface area contributed by atoms with E-state index in [-0.39, 0.29) is 0 Å². The number of aromatic nitrogens is 2. The van der Waals surface area contributed by atoms with Crippen molar-refractivity contribution >= 4 is 5.91 Å². The number of nitrogens with two attached hydrogens (primary N) is 1. The van der Waals surface area contributed by atoms with E-state index in [9.17, 15) is 4.79 Å². The van der Waals surface area contributed by atoms with Gasteiger partial charge in [-0.3, -0.25) is 4.79 Å². The monoisotopic (exact) mass is 217 g/mol. The van der Waals surface area contributed by atoms with Crippen LogP contribution >= 0.6 is 0 Å². The van der Waals surface area contributed by atoms with Crippen molar-refractivity contribution in [1.82, 2.24) is 10.1 Å². The van der Waals surface area contributed by atoms with Crippen LogP contribution in [0, 0.1) is 13.8 Å². The third kappa shape index (κ3) is 1.56. The predicted octanol–water partition coefficient (Wildman–Crippen LogP) is 1.45. The minimum Gasteiger partial charge on any atom is -0.366 e. The van der Waals surface area contributed by atoms with Crippen molar-refractivity contribution in [2.75, 3.05) is 0 Å². The first kappa shape index (κ1) is 10.4. The molecule has 82 valence electrons. The number of aryl methyl sites for hydroxylation is 1. The number of hydrogen-bond donors (Lipinski definition) is 1. The van der Waals surface area contributed by atoms with Gasteiger partial charge in [0, 0.05) is 11.1 Å². The lowest BCUT2D eigenvalue weighted by molar-refractivity contribution is 0.1000. The molecule has 0 saturated carbocycles. The van der Waals surface area contributed by atoms with Gasteiger partial charge < -0.3 is 10.3 Å². The number of hydrogen-bond acceptors (Lipinski definition) is 4. The van der Waals surface area contributed by atoms with E-state index in [4.69, 9.17) is 10.3 Å². The summed E-state index contributed by atoms with van der Waals surface area (Å²) >= 11 is 0. The van der Waals surface area contributed by atoms with E-state index < -0.39 is 5.91 Å². The van der Waals surface area contributed by atoms with E-state index in [1.165, 1.54) is 6.39 Å². The molecule has 2 N–H and O–H groups in total. The van der Waals surface area contributed by atoms with E-state index in [1.807, 2.05) is 19.9 Å². The average molecular weight is 217 g/mol. The summed E-state index contributed by atoms with van der Waals surface area (Å²) in [6.45, 7) is 3.74. The van der Waals surface area contributed by atoms with Crippen molar-refractivity contribution in [3.05, 3.63) is 35.2 Å². The largest absolute Gasteiger partial charge is 0.366 e. The zero-order chi connectivity index (χ0) is 11.7. The van der Waals surface area contributed by atoms with Crippen molar-refractivity contribution in [2.45, 2.75) is 13.8 Å². The van der Waals surface area contributed by atoms with Gasteiger partial charge in [0.05, 0.1) is 0 Å². The van der Waals surface area contributed by atoms with Gasteiger partial charge in [-0.1, -0.05) is 11.2 Å². The van der Waals surface area contributed by atoms with Gasteiger partial charge in [0.1, 0.15) is 0 Å². The van der Waals surface area contributed by atoms with Crippen LogP contribution < -0.4 is 5.73 Å². The van der Waals surface area contributed by atoms with E-state index in [1.54, 1.807) is 6.07 Å². The molecule has 1 amide bonds. The highest BCUT2D eigenvalue weighted by molar-refractivity contribution is 5.96. The standard InChI is InChI=1S/C11H11N3O2/c1-6-3-4-8(10(12)15)7(2)9(6)11-13-5-16-14-11/h3-5H,1-2H3,(H2,12,15). The first-order valence-corrected chi connectivity index (χ1v) is 4.78. The minimum absolute atomic E-state index is 0.456. The number of primary amides is 1. The summed E-state index contributed by atoms with van der Waals surface area (Å²) in [6.07, 6.45) is 1.26. The van der Waals surface area contributed by atoms with Crippen molar-refractivity contribution < 1.29 is 9.32 Å². The third-order valence-corrected chi connectivity index (χ3v) is 2.52. The van der Waals surface area contributed by atoms with Crippen LogP contribution in [0.2, 0.25) is 0 Å². The average Bonchev–Trinajstić information content (AvgIpc) is 2.70. The Morgan fingerprint density at radius 1 is 1.38 bits per heavy atom. The fourth-order valence-electron chi connectivity index (χ4n) is 1.74. The summed E-state index contributed by atoms with van der Waals surface area (Å²) < 4.78 is 4.70. The smallest absolute Gasteiger partial charge is 0.248 e. The van der Waals surface area contributed by atoms with Crippen LogP contribution in [0.3, 0.4) is 0 Å². The fraction of sp³-hybridized carbons (Fsp3) is 0.182. The van der Waals surface area contributed by atoms with Crippen LogP contribution in [0.25, 0.3) is 11.4 Å². The maximum absolute atomic E-state index is 11.2. The van der Waals surface area contributed by atoms with Crippen LogP contribution in [0.1, 0.15) is 21.5 Å². The van der Waals surface area contributed by atoms with Gasteiger partial charge in [-0.05, 0) is 31.0 Å². The third-order valence-electron chi connectivity index (χ3n) is 2.52. The molecule has 0 aliphatic carbocycles. The second kappa shape index (κ2) is 3.77. The van der Waals surface area contributed by atoms with Gasteiger partial charge in [0.15, 0.2) is 0 Å². The Labute approximate surface area is 92.3 Å². The molecular formula is C11H11N3O2. The quantitative estimate of drug-likeness (QED) is 0.825. The molecule has 2 rings (SSSR count). The first-order valence-electron chi connectivity index (χ1n) is 4.78. The summed E-state index contributed by atoms with van der Waals surface area (Å²) in [5.41, 5.74) is 8.31. The molecule has 5 heteroatoms. The van der Waals surface area contributed by atoms with E-state index in [2.05, 4.69) is 10.1 Å². The van der Waals surface area contributed by atoms with Crippen molar-refractivity contribution in [3.63, 3.8) is 0 Å². The normalized spacial score (nSPS) is 10.4. The lowest BCUT2D eigenvalue weighted by Crippen LogP contribution is -2.13. The number of nitrogens with zero attached hydrogens (tertiary/aromatic N) is 2. The van der Waals surface area contributed by atoms with Crippen LogP contribution in [0.15, 0.2) is 23.0 Å². The second-order valence-electron chi connectivity index (χ2n) is 3.55. The van der Waals surface area contributed by atoms with Crippen LogP contribution in [0.4, 0.5) is 0 Å². The minimum atomic E-state index is -0.456. The van der Waals surface area contributed by atoms with Gasteiger partial charge in [-0.2, -0.15) is 4.98 Å². The summed E-state index contributed by atoms with van der Waals surface area (Å²) in [5.74, 6) is 0.0142. The molecule has 0 unspecified atom stereocenters. The fourth-order valence-corrected chi connectivity index (χ4v) is 1.74. The molecule has 0 aliphatic rings. The molecular weight excluding hydrogens is 206 g/mol. The Kier molecular flexibility index (Phi) is 2.44. The van der Waals surface area contributed by atoms with E-state index in [0.717, 1.165) is 16.7 Å². The highest BCUT2D eigenvalue weighted by Gasteiger charge is 2.15. The molecule has 0 atom stereocenters. The van der Waals surface area contributed by atoms with Gasteiger partial charge in [-0.15, -0.1) is 0 Å². The summed E-state index contributed by atoms with van der Waals surface area (Å²) in [6, 6.07) is 3.52. The molecule has 16 heavy (non-hydrogen) atoms. The number of carbonyl (C=O) groups is 1. The number of amides is 1. The van der Waals surface area contributed by atoms with Crippen molar-refractivity contribution in [3.8, 4) is 11.4 Å². The predicted molar refractivity (Wildman–Crippen MR) is 57.7 cm³/mol. The molecule has 2 aromatic rings. The Morgan fingerprint density at radius 2 is 2.12 bits per heavy atom. The molecule has 0 saturated heterocycles. The molecule has 0 radical (unpaired) electrons. The maximum Gasteiger partial charge on any atom is 0.248 e. The highest BCUT2D eigenvalue weighted by atomic mass is 16.5. The topological polar surface area (TPSA) is 82.0 Å². The van der Waals surface area contributed by atoms with E-state index >= 15 is 0 Å². The zero-order valence-corrected chi connectivity index (χ0v) is 9.02. The Bertz CT molecular complexity index is 532. The van der Waals surface area contributed by atoms with Crippen LogP contribution in [0.5, 0.6) is 0 Å². The number of rotatable bonds is 2. The lowest BCUT2D eigenvalue weighted by Gasteiger charge is -2.09. The Balaban J connectivity index is 2.69. The Hall–Kier alpha value is -2.17. The highest BCUT2D eigenvalue weighted by Crippen LogP contribution is 2.26. The molecule has 0 bridgehead atoms. The van der Waals surface area contributed by atoms with Crippen LogP contribution in [-0.2, 0) is 0 Å². The SMILES string of the molecule is Cc1ccc(C(N)=O)c(C)c1-c1ncon1. The van der Waals surface area contributed by atoms with Gasteiger partial charge in [0.25, 0.3) is 0 Å².